The topological polar surface area (TPSA) is 87.7 Å². The van der Waals surface area contributed by atoms with Gasteiger partial charge < -0.3 is 15.4 Å². The van der Waals surface area contributed by atoms with Crippen molar-refractivity contribution in [1.82, 2.24) is 9.62 Å². The molecular weight excluding hydrogens is 342 g/mol. The molecule has 2 heterocycles. The van der Waals surface area contributed by atoms with Gasteiger partial charge in [0.25, 0.3) is 0 Å². The molecule has 1 amide bonds. The van der Waals surface area contributed by atoms with E-state index in [2.05, 4.69) is 10.6 Å². The Bertz CT molecular complexity index is 727. The van der Waals surface area contributed by atoms with Gasteiger partial charge >= 0.3 is 6.09 Å². The van der Waals surface area contributed by atoms with E-state index in [0.717, 1.165) is 31.2 Å². The van der Waals surface area contributed by atoms with Gasteiger partial charge in [-0.3, -0.25) is 0 Å². The highest BCUT2D eigenvalue weighted by Crippen LogP contribution is 2.26. The average Bonchev–Trinajstić information content (AvgIpc) is 2.83. The van der Waals surface area contributed by atoms with Crippen LogP contribution in [0.3, 0.4) is 0 Å². The minimum absolute atomic E-state index is 0.250. The largest absolute Gasteiger partial charge is 0.442 e. The van der Waals surface area contributed by atoms with Gasteiger partial charge in [-0.1, -0.05) is 18.9 Å². The van der Waals surface area contributed by atoms with Crippen LogP contribution in [0.1, 0.15) is 31.2 Å². The summed E-state index contributed by atoms with van der Waals surface area (Å²) in [4.78, 5) is 11.4. The molecule has 0 spiro atoms. The molecule has 0 aromatic heterocycles. The molecule has 0 saturated carbocycles. The summed E-state index contributed by atoms with van der Waals surface area (Å²) in [5, 5.41) is 5.76. The maximum atomic E-state index is 13.0. The van der Waals surface area contributed by atoms with Crippen LogP contribution in [0.4, 0.5) is 10.5 Å². The van der Waals surface area contributed by atoms with Crippen molar-refractivity contribution in [1.29, 1.82) is 0 Å². The standard InChI is InChI=1S/C17H25N3O4S/c1-13-6-7-14(18-11-15-12-19-17(21)24-15)10-16(13)25(22,23)20-8-4-2-3-5-9-20/h6-7,10,15,18H,2-5,8-9,11-12H2,1H3,(H,19,21). The Kier molecular flexibility index (Phi) is 5.48. The van der Waals surface area contributed by atoms with Crippen molar-refractivity contribution >= 4 is 21.8 Å². The number of hydrogen-bond acceptors (Lipinski definition) is 5. The molecule has 2 N–H and O–H groups in total. The molecule has 2 aliphatic rings. The summed E-state index contributed by atoms with van der Waals surface area (Å²) in [6, 6.07) is 5.34. The number of nitrogens with one attached hydrogen (secondary N) is 2. The number of nitrogens with zero attached hydrogens (tertiary/aromatic N) is 1. The highest BCUT2D eigenvalue weighted by atomic mass is 32.2. The molecule has 0 radical (unpaired) electrons. The van der Waals surface area contributed by atoms with Gasteiger partial charge in [0.2, 0.25) is 10.0 Å². The van der Waals surface area contributed by atoms with E-state index in [1.807, 2.05) is 19.1 Å². The van der Waals surface area contributed by atoms with E-state index in [0.29, 0.717) is 36.8 Å². The SMILES string of the molecule is Cc1ccc(NCC2CNC(=O)O2)cc1S(=O)(=O)N1CCCCCC1. The number of amides is 1. The van der Waals surface area contributed by atoms with Crippen LogP contribution in [0.5, 0.6) is 0 Å². The minimum Gasteiger partial charge on any atom is -0.442 e. The second kappa shape index (κ2) is 7.61. The normalized spacial score (nSPS) is 22.1. The smallest absolute Gasteiger partial charge is 0.407 e. The minimum atomic E-state index is -3.49. The van der Waals surface area contributed by atoms with E-state index in [1.54, 1.807) is 10.4 Å². The number of anilines is 1. The Morgan fingerprint density at radius 2 is 1.96 bits per heavy atom. The molecular formula is C17H25N3O4S. The number of hydrogen-bond donors (Lipinski definition) is 2. The monoisotopic (exact) mass is 367 g/mol. The Labute approximate surface area is 148 Å². The zero-order chi connectivity index (χ0) is 17.9. The van der Waals surface area contributed by atoms with Crippen LogP contribution < -0.4 is 10.6 Å². The van der Waals surface area contributed by atoms with Crippen LogP contribution in [-0.4, -0.2) is 51.1 Å². The number of carbonyl (C=O) groups is 1. The van der Waals surface area contributed by atoms with Gasteiger partial charge in [-0.2, -0.15) is 4.31 Å². The van der Waals surface area contributed by atoms with Gasteiger partial charge in [-0.05, 0) is 37.5 Å². The van der Waals surface area contributed by atoms with Crippen molar-refractivity contribution in [3.05, 3.63) is 23.8 Å². The van der Waals surface area contributed by atoms with Crippen molar-refractivity contribution in [2.75, 3.05) is 31.5 Å². The van der Waals surface area contributed by atoms with Crippen molar-refractivity contribution < 1.29 is 17.9 Å². The molecule has 8 heteroatoms. The molecule has 138 valence electrons. The number of aryl methyl sites for hydroxylation is 1. The van der Waals surface area contributed by atoms with E-state index in [4.69, 9.17) is 4.74 Å². The van der Waals surface area contributed by atoms with Crippen molar-refractivity contribution in [3.63, 3.8) is 0 Å². The fourth-order valence-corrected chi connectivity index (χ4v) is 4.95. The van der Waals surface area contributed by atoms with Crippen LogP contribution in [0.15, 0.2) is 23.1 Å². The quantitative estimate of drug-likeness (QED) is 0.832. The van der Waals surface area contributed by atoms with Crippen molar-refractivity contribution in [2.24, 2.45) is 0 Å². The fourth-order valence-electron chi connectivity index (χ4n) is 3.19. The molecule has 0 aliphatic carbocycles. The van der Waals surface area contributed by atoms with Crippen LogP contribution in [0.25, 0.3) is 0 Å². The summed E-state index contributed by atoms with van der Waals surface area (Å²) >= 11 is 0. The third-order valence-corrected chi connectivity index (χ3v) is 6.69. The van der Waals surface area contributed by atoms with Gasteiger partial charge in [-0.15, -0.1) is 0 Å². The van der Waals surface area contributed by atoms with Crippen LogP contribution in [-0.2, 0) is 14.8 Å². The number of benzene rings is 1. The molecule has 25 heavy (non-hydrogen) atoms. The Morgan fingerprint density at radius 3 is 2.60 bits per heavy atom. The maximum Gasteiger partial charge on any atom is 0.407 e. The summed E-state index contributed by atoms with van der Waals surface area (Å²) in [5.41, 5.74) is 1.45. The first-order valence-corrected chi connectivity index (χ1v) is 10.2. The third-order valence-electron chi connectivity index (χ3n) is 4.65. The van der Waals surface area contributed by atoms with Gasteiger partial charge in [-0.25, -0.2) is 13.2 Å². The molecule has 1 aromatic carbocycles. The summed E-state index contributed by atoms with van der Waals surface area (Å²) < 4.78 is 32.8. The van der Waals surface area contributed by atoms with E-state index < -0.39 is 16.1 Å². The van der Waals surface area contributed by atoms with E-state index in [9.17, 15) is 13.2 Å². The van der Waals surface area contributed by atoms with Gasteiger partial charge in [0.15, 0.2) is 0 Å². The van der Waals surface area contributed by atoms with Crippen LogP contribution in [0.2, 0.25) is 0 Å². The van der Waals surface area contributed by atoms with Gasteiger partial charge in [0.1, 0.15) is 6.10 Å². The zero-order valence-corrected chi connectivity index (χ0v) is 15.3. The lowest BCUT2D eigenvalue weighted by atomic mass is 10.2. The Hall–Kier alpha value is -1.80. The van der Waals surface area contributed by atoms with E-state index in [1.165, 1.54) is 0 Å². The Morgan fingerprint density at radius 1 is 1.24 bits per heavy atom. The third kappa shape index (κ3) is 4.24. The Balaban J connectivity index is 1.75. The molecule has 7 nitrogen and oxygen atoms in total. The number of cyclic esters (lactones) is 1. The lowest BCUT2D eigenvalue weighted by Gasteiger charge is -2.22. The molecule has 0 bridgehead atoms. The summed E-state index contributed by atoms with van der Waals surface area (Å²) in [5.74, 6) is 0. The predicted octanol–water partition coefficient (Wildman–Crippen LogP) is 2.08. The van der Waals surface area contributed by atoms with Gasteiger partial charge in [0.05, 0.1) is 18.0 Å². The predicted molar refractivity (Wildman–Crippen MR) is 95.2 cm³/mol. The fraction of sp³-hybridized carbons (Fsp3) is 0.588. The number of sulfonamides is 1. The zero-order valence-electron chi connectivity index (χ0n) is 14.5. The first kappa shape index (κ1) is 18.0. The molecule has 2 saturated heterocycles. The average molecular weight is 367 g/mol. The molecule has 3 rings (SSSR count). The second-order valence-electron chi connectivity index (χ2n) is 6.59. The highest BCUT2D eigenvalue weighted by molar-refractivity contribution is 7.89. The second-order valence-corrected chi connectivity index (χ2v) is 8.49. The van der Waals surface area contributed by atoms with Gasteiger partial charge in [0, 0.05) is 18.8 Å². The molecule has 1 atom stereocenters. The summed E-state index contributed by atoms with van der Waals surface area (Å²) in [6.45, 7) is 3.88. The molecule has 1 unspecified atom stereocenters. The summed E-state index contributed by atoms with van der Waals surface area (Å²) in [6.07, 6.45) is 3.33. The molecule has 2 fully saturated rings. The number of carbonyl (C=O) groups excluding carboxylic acids is 1. The van der Waals surface area contributed by atoms with Crippen molar-refractivity contribution in [3.8, 4) is 0 Å². The maximum absolute atomic E-state index is 13.0. The van der Waals surface area contributed by atoms with Crippen LogP contribution >= 0.6 is 0 Å². The lowest BCUT2D eigenvalue weighted by Crippen LogP contribution is -2.32. The first-order valence-electron chi connectivity index (χ1n) is 8.76. The number of alkyl carbamates (subject to hydrolysis) is 1. The van der Waals surface area contributed by atoms with E-state index in [-0.39, 0.29) is 6.10 Å². The molecule has 2 aliphatic heterocycles. The first-order chi connectivity index (χ1) is 12.0. The van der Waals surface area contributed by atoms with Crippen molar-refractivity contribution in [2.45, 2.75) is 43.6 Å². The number of ether oxygens (including phenoxy) is 1. The lowest BCUT2D eigenvalue weighted by molar-refractivity contribution is 0.145. The highest BCUT2D eigenvalue weighted by Gasteiger charge is 2.27. The van der Waals surface area contributed by atoms with E-state index >= 15 is 0 Å². The molecule has 1 aromatic rings. The van der Waals surface area contributed by atoms with Crippen LogP contribution in [0, 0.1) is 6.92 Å². The number of rotatable bonds is 5. The summed E-state index contributed by atoms with van der Waals surface area (Å²) in [7, 11) is -3.49.